The quantitative estimate of drug-likeness (QED) is 0.480. The van der Waals surface area contributed by atoms with Crippen LogP contribution in [0.15, 0.2) is 0 Å². The monoisotopic (exact) mass is 111 g/mol. The Morgan fingerprint density at radius 2 is 2.12 bits per heavy atom. The first-order valence-electron chi connectivity index (χ1n) is 3.00. The highest BCUT2D eigenvalue weighted by Crippen LogP contribution is 2.57. The fraction of sp³-hybridized carbons (Fsp3) is 0.833. The number of ketones is 1. The SMILES string of the molecule is NC1CC12CC(=O)C2. The molecule has 0 amide bonds. The van der Waals surface area contributed by atoms with Crippen LogP contribution in [-0.2, 0) is 4.79 Å². The Balaban J connectivity index is 2.05. The van der Waals surface area contributed by atoms with Crippen molar-refractivity contribution in [1.29, 1.82) is 0 Å². The van der Waals surface area contributed by atoms with Gasteiger partial charge in [-0.05, 0) is 6.42 Å². The van der Waals surface area contributed by atoms with E-state index in [1.165, 1.54) is 0 Å². The number of hydrogen-bond acceptors (Lipinski definition) is 2. The molecule has 0 saturated heterocycles. The maximum atomic E-state index is 10.4. The molecule has 0 radical (unpaired) electrons. The van der Waals surface area contributed by atoms with E-state index in [9.17, 15) is 4.79 Å². The Hall–Kier alpha value is -0.370. The molecule has 8 heavy (non-hydrogen) atoms. The maximum absolute atomic E-state index is 10.4. The van der Waals surface area contributed by atoms with Crippen molar-refractivity contribution in [3.63, 3.8) is 0 Å². The second kappa shape index (κ2) is 0.982. The van der Waals surface area contributed by atoms with E-state index in [1.807, 2.05) is 0 Å². The third-order valence-corrected chi connectivity index (χ3v) is 2.35. The van der Waals surface area contributed by atoms with Crippen molar-refractivity contribution in [3.05, 3.63) is 0 Å². The second-order valence-electron chi connectivity index (χ2n) is 3.07. The molecule has 2 aliphatic rings. The molecule has 2 nitrogen and oxygen atoms in total. The van der Waals surface area contributed by atoms with E-state index in [0.29, 0.717) is 17.2 Å². The summed E-state index contributed by atoms with van der Waals surface area (Å²) in [5, 5.41) is 0. The van der Waals surface area contributed by atoms with Crippen LogP contribution < -0.4 is 5.73 Å². The topological polar surface area (TPSA) is 43.1 Å². The fourth-order valence-electron chi connectivity index (χ4n) is 1.52. The predicted octanol–water partition coefficient (Wildman–Crippen LogP) is 0.0667. The minimum absolute atomic E-state index is 0.330. The van der Waals surface area contributed by atoms with Crippen LogP contribution >= 0.6 is 0 Å². The lowest BCUT2D eigenvalue weighted by atomic mass is 9.80. The van der Waals surface area contributed by atoms with Crippen LogP contribution in [0.2, 0.25) is 0 Å². The van der Waals surface area contributed by atoms with Crippen molar-refractivity contribution in [1.82, 2.24) is 0 Å². The number of Topliss-reactive ketones (excluding diaryl/α,β-unsaturated/α-hetero) is 1. The summed E-state index contributed by atoms with van der Waals surface area (Å²) in [7, 11) is 0. The van der Waals surface area contributed by atoms with E-state index < -0.39 is 0 Å². The molecule has 2 rings (SSSR count). The van der Waals surface area contributed by atoms with Gasteiger partial charge in [0.1, 0.15) is 5.78 Å². The zero-order valence-corrected chi connectivity index (χ0v) is 4.68. The maximum Gasteiger partial charge on any atom is 0.134 e. The molecule has 44 valence electrons. The van der Waals surface area contributed by atoms with E-state index >= 15 is 0 Å². The van der Waals surface area contributed by atoms with E-state index in [0.717, 1.165) is 19.3 Å². The normalized spacial score (nSPS) is 39.6. The molecule has 0 aromatic rings. The average Bonchev–Trinajstić information content (AvgIpc) is 2.13. The molecule has 1 unspecified atom stereocenters. The highest BCUT2D eigenvalue weighted by Gasteiger charge is 2.59. The van der Waals surface area contributed by atoms with Crippen molar-refractivity contribution in [2.24, 2.45) is 11.1 Å². The Labute approximate surface area is 48.1 Å². The molecule has 2 saturated carbocycles. The largest absolute Gasteiger partial charge is 0.327 e. The van der Waals surface area contributed by atoms with Gasteiger partial charge in [0.15, 0.2) is 0 Å². The van der Waals surface area contributed by atoms with Gasteiger partial charge in [-0.15, -0.1) is 0 Å². The van der Waals surface area contributed by atoms with Crippen LogP contribution in [0.5, 0.6) is 0 Å². The third kappa shape index (κ3) is 0.348. The average molecular weight is 111 g/mol. The van der Waals surface area contributed by atoms with Crippen LogP contribution in [0.3, 0.4) is 0 Å². The fourth-order valence-corrected chi connectivity index (χ4v) is 1.52. The molecule has 1 spiro atoms. The molecule has 1 atom stereocenters. The van der Waals surface area contributed by atoms with Crippen molar-refractivity contribution >= 4 is 5.78 Å². The summed E-state index contributed by atoms with van der Waals surface area (Å²) in [5.74, 6) is 0.401. The van der Waals surface area contributed by atoms with E-state index in [-0.39, 0.29) is 0 Å². The van der Waals surface area contributed by atoms with Crippen LogP contribution in [0.25, 0.3) is 0 Å². The summed E-state index contributed by atoms with van der Waals surface area (Å²) in [6.07, 6.45) is 2.64. The Bertz CT molecular complexity index is 145. The van der Waals surface area contributed by atoms with Gasteiger partial charge in [-0.1, -0.05) is 0 Å². The molecular formula is C6H9NO. The van der Waals surface area contributed by atoms with Gasteiger partial charge in [-0.25, -0.2) is 0 Å². The summed E-state index contributed by atoms with van der Waals surface area (Å²) in [5.41, 5.74) is 5.90. The minimum Gasteiger partial charge on any atom is -0.327 e. The van der Waals surface area contributed by atoms with Crippen molar-refractivity contribution in [3.8, 4) is 0 Å². The molecule has 0 aliphatic heterocycles. The van der Waals surface area contributed by atoms with Crippen LogP contribution in [0, 0.1) is 5.41 Å². The Morgan fingerprint density at radius 3 is 2.25 bits per heavy atom. The van der Waals surface area contributed by atoms with Gasteiger partial charge in [-0.2, -0.15) is 0 Å². The van der Waals surface area contributed by atoms with Crippen molar-refractivity contribution in [2.45, 2.75) is 25.3 Å². The molecule has 2 heteroatoms. The summed E-state index contributed by atoms with van der Waals surface area (Å²) in [4.78, 5) is 10.4. The van der Waals surface area contributed by atoms with Gasteiger partial charge in [-0.3, -0.25) is 4.79 Å². The standard InChI is InChI=1S/C6H9NO/c7-5-3-6(5)1-4(8)2-6/h5H,1-3,7H2. The molecular weight excluding hydrogens is 102 g/mol. The highest BCUT2D eigenvalue weighted by atomic mass is 16.1. The summed E-state index contributed by atoms with van der Waals surface area (Å²) in [6, 6.07) is 0.361. The zero-order valence-electron chi connectivity index (χ0n) is 4.68. The predicted molar refractivity (Wildman–Crippen MR) is 29.3 cm³/mol. The molecule has 2 fully saturated rings. The van der Waals surface area contributed by atoms with E-state index in [2.05, 4.69) is 0 Å². The van der Waals surface area contributed by atoms with Crippen molar-refractivity contribution < 1.29 is 4.79 Å². The number of rotatable bonds is 0. The van der Waals surface area contributed by atoms with Crippen LogP contribution in [0.4, 0.5) is 0 Å². The number of hydrogen-bond donors (Lipinski definition) is 1. The lowest BCUT2D eigenvalue weighted by Crippen LogP contribution is -2.30. The summed E-state index contributed by atoms with van der Waals surface area (Å²) in [6.45, 7) is 0. The highest BCUT2D eigenvalue weighted by molar-refractivity contribution is 5.87. The van der Waals surface area contributed by atoms with E-state index in [1.54, 1.807) is 0 Å². The summed E-state index contributed by atoms with van der Waals surface area (Å²) < 4.78 is 0. The first-order valence-corrected chi connectivity index (χ1v) is 3.00. The lowest BCUT2D eigenvalue weighted by Gasteiger charge is -2.23. The summed E-state index contributed by atoms with van der Waals surface area (Å²) >= 11 is 0. The number of carbonyl (C=O) groups is 1. The molecule has 0 heterocycles. The molecule has 0 aromatic heterocycles. The van der Waals surface area contributed by atoms with E-state index in [4.69, 9.17) is 5.73 Å². The van der Waals surface area contributed by atoms with Crippen LogP contribution in [0.1, 0.15) is 19.3 Å². The van der Waals surface area contributed by atoms with Gasteiger partial charge in [0, 0.05) is 24.3 Å². The molecule has 2 aliphatic carbocycles. The zero-order chi connectivity index (χ0) is 5.78. The van der Waals surface area contributed by atoms with Crippen molar-refractivity contribution in [2.75, 3.05) is 0 Å². The first-order chi connectivity index (χ1) is 3.73. The number of nitrogens with two attached hydrogens (primary N) is 1. The minimum atomic E-state index is 0.330. The third-order valence-electron chi connectivity index (χ3n) is 2.35. The molecule has 0 aromatic carbocycles. The molecule has 2 N–H and O–H groups in total. The Kier molecular flexibility index (Phi) is 0.553. The van der Waals surface area contributed by atoms with Gasteiger partial charge < -0.3 is 5.73 Å². The second-order valence-corrected chi connectivity index (χ2v) is 3.07. The first kappa shape index (κ1) is 4.50. The van der Waals surface area contributed by atoms with Gasteiger partial charge in [0.25, 0.3) is 0 Å². The van der Waals surface area contributed by atoms with Gasteiger partial charge in [0.2, 0.25) is 0 Å². The number of carbonyl (C=O) groups excluding carboxylic acids is 1. The van der Waals surface area contributed by atoms with Crippen LogP contribution in [-0.4, -0.2) is 11.8 Å². The smallest absolute Gasteiger partial charge is 0.134 e. The van der Waals surface area contributed by atoms with Gasteiger partial charge >= 0.3 is 0 Å². The van der Waals surface area contributed by atoms with Gasteiger partial charge in [0.05, 0.1) is 0 Å². The molecule has 0 bridgehead atoms. The Morgan fingerprint density at radius 1 is 1.62 bits per heavy atom. The lowest BCUT2D eigenvalue weighted by molar-refractivity contribution is -0.128.